The van der Waals surface area contributed by atoms with Crippen molar-refractivity contribution in [1.82, 2.24) is 0 Å². The molecule has 0 aromatic rings. The van der Waals surface area contributed by atoms with Gasteiger partial charge in [-0.15, -0.1) is 46.4 Å². The van der Waals surface area contributed by atoms with E-state index in [9.17, 15) is 38.4 Å². The molecule has 0 saturated carbocycles. The maximum atomic E-state index is 12.6. The second-order valence-corrected chi connectivity index (χ2v) is 72.0. The topological polar surface area (TPSA) is 400 Å². The Morgan fingerprint density at radius 1 is 0.125 bits per heavy atom. The molecule has 0 aromatic carbocycles. The number of hydrogen-bond donors (Lipinski definition) is 2. The van der Waals surface area contributed by atoms with Crippen molar-refractivity contribution in [3.05, 3.63) is 0 Å². The Bertz CT molecular complexity index is 2360. The third-order valence-electron chi connectivity index (χ3n) is 10.4. The Hall–Kier alpha value is 4.65. The molecule has 32 nitrogen and oxygen atoms in total. The third-order valence-corrected chi connectivity index (χ3v) is 31.1. The summed E-state index contributed by atoms with van der Waals surface area (Å²) < 4.78 is 133. The van der Waals surface area contributed by atoms with Crippen molar-refractivity contribution in [3.63, 3.8) is 0 Å². The van der Waals surface area contributed by atoms with E-state index in [0.29, 0.717) is 0 Å². The summed E-state index contributed by atoms with van der Waals surface area (Å²) in [5.41, 5.74) is -13.5. The fourth-order valence-electron chi connectivity index (χ4n) is 9.57. The van der Waals surface area contributed by atoms with E-state index in [1.165, 1.54) is 0 Å². The zero-order valence-corrected chi connectivity index (χ0v) is 119. The molecule has 0 amide bonds. The van der Waals surface area contributed by atoms with Crippen LogP contribution in [0.15, 0.2) is 0 Å². The van der Waals surface area contributed by atoms with E-state index in [0.717, 1.165) is 0 Å². The summed E-state index contributed by atoms with van der Waals surface area (Å²) in [6.45, 7) is 132. The van der Waals surface area contributed by atoms with Gasteiger partial charge >= 0.3 is 166 Å². The van der Waals surface area contributed by atoms with Gasteiger partial charge < -0.3 is 145 Å². The summed E-state index contributed by atoms with van der Waals surface area (Å²) >= 11 is 19.1. The third kappa shape index (κ3) is 141. The van der Waals surface area contributed by atoms with Gasteiger partial charge in [-0.05, 0) is 499 Å². The molecule has 0 aliphatic rings. The van der Waals surface area contributed by atoms with Gasteiger partial charge in [0.2, 0.25) is 0 Å². The summed E-state index contributed by atoms with van der Waals surface area (Å²) in [6.07, 6.45) is 0. The summed E-state index contributed by atoms with van der Waals surface area (Å²) in [5, 5.41) is 0.389. The molecule has 0 rings (SSSR count). The van der Waals surface area contributed by atoms with E-state index in [1.807, 2.05) is 499 Å². The van der Waals surface area contributed by atoms with Gasteiger partial charge in [-0.2, -0.15) is 0 Å². The molecule has 0 atom stereocenters. The molecule has 2 radical (unpaired) electrons. The standard InChI is InChI=1S/2C12H28O4Si.6C12H27O4Si.2CH2Cl2.2Yb/c8*1-10(2,3)14-17(13,15-11(4,5)6)16-12(7,8)9;2*2-1-3;;/h2*13H,1-9H3;6*1-9H3;2*1H2;;/q;;6*-1;;;2*+3. The minimum atomic E-state index is -3.91. The summed E-state index contributed by atoms with van der Waals surface area (Å²) in [5.74, 6) is 0. The first-order valence-electron chi connectivity index (χ1n) is 48.5. The van der Waals surface area contributed by atoms with E-state index in [-0.39, 0.29) is 105 Å². The van der Waals surface area contributed by atoms with Crippen LogP contribution in [0, 0.1) is 93.8 Å². The first kappa shape index (κ1) is 174. The van der Waals surface area contributed by atoms with Crippen LogP contribution in [0.1, 0.15) is 499 Å². The Morgan fingerprint density at radius 3 is 0.188 bits per heavy atom. The van der Waals surface area contributed by atoms with Crippen molar-refractivity contribution in [3.8, 4) is 0 Å². The maximum absolute atomic E-state index is 12.6. The Kier molecular flexibility index (Phi) is 77.2. The molecular formula is C98H222Cl4O32Si8Yb2. The Morgan fingerprint density at radius 2 is 0.160 bits per heavy atom. The molecule has 0 saturated heterocycles. The average molecular weight is 2630 g/mol. The van der Waals surface area contributed by atoms with E-state index in [4.69, 9.17) is 153 Å². The fraction of sp³-hybridized carbons (Fsp3) is 1.00. The van der Waals surface area contributed by atoms with Gasteiger partial charge in [0.05, 0.1) is 145 Å². The molecule has 0 aromatic heterocycles. The molecule has 0 unspecified atom stereocenters. The minimum absolute atomic E-state index is 0. The minimum Gasteiger partial charge on any atom is -0.793 e. The zero-order valence-electron chi connectivity index (χ0n) is 105. The summed E-state index contributed by atoms with van der Waals surface area (Å²) in [6, 6.07) is 0. The Labute approximate surface area is 990 Å². The summed E-state index contributed by atoms with van der Waals surface area (Å²) in [4.78, 5) is 96.7. The van der Waals surface area contributed by atoms with Gasteiger partial charge in [-0.1, -0.05) is 0 Å². The van der Waals surface area contributed by atoms with Gasteiger partial charge in [0.15, 0.2) is 0 Å². The molecule has 0 fully saturated rings. The van der Waals surface area contributed by atoms with Crippen LogP contribution in [0.5, 0.6) is 0 Å². The number of alkyl halides is 4. The van der Waals surface area contributed by atoms with Gasteiger partial charge in [0.25, 0.3) is 0 Å². The molecular weight excluding hydrogens is 2400 g/mol. The fourth-order valence-corrected chi connectivity index (χ4v) is 28.7. The zero-order chi connectivity index (χ0) is 118. The van der Waals surface area contributed by atoms with E-state index < -0.39 is 207 Å². The molecule has 894 valence electrons. The molecule has 0 heterocycles. The van der Waals surface area contributed by atoms with Crippen molar-refractivity contribution < 1.29 is 238 Å². The first-order valence-corrected chi connectivity index (χ1v) is 63.8. The van der Waals surface area contributed by atoms with Crippen LogP contribution in [-0.2, 0) is 106 Å². The van der Waals surface area contributed by atoms with Crippen molar-refractivity contribution in [2.75, 3.05) is 10.7 Å². The van der Waals surface area contributed by atoms with Gasteiger partial charge in [-0.3, -0.25) is 0 Å². The van der Waals surface area contributed by atoms with Crippen molar-refractivity contribution in [2.24, 2.45) is 0 Å². The molecule has 0 aliphatic carbocycles. The number of rotatable bonds is 24. The van der Waals surface area contributed by atoms with Gasteiger partial charge in [0.1, 0.15) is 0 Å². The molecule has 0 aliphatic heterocycles. The molecule has 0 spiro atoms. The van der Waals surface area contributed by atoms with Crippen LogP contribution in [0.4, 0.5) is 0 Å². The van der Waals surface area contributed by atoms with E-state index in [2.05, 4.69) is 0 Å². The van der Waals surface area contributed by atoms with E-state index in [1.54, 1.807) is 0 Å². The van der Waals surface area contributed by atoms with Crippen LogP contribution in [-0.4, -0.2) is 227 Å². The number of hydrogen-bond acceptors (Lipinski definition) is 32. The number of halogens is 4. The normalized spacial score (nSPS) is 14.6. The maximum Gasteiger partial charge on any atom is 3.00 e. The van der Waals surface area contributed by atoms with Crippen molar-refractivity contribution in [2.45, 2.75) is 633 Å². The van der Waals surface area contributed by atoms with Crippen LogP contribution < -0.4 is 28.8 Å². The molecule has 144 heavy (non-hydrogen) atoms. The average Bonchev–Trinajstić information content (AvgIpc) is 0.857. The second-order valence-electron chi connectivity index (χ2n) is 57.4. The van der Waals surface area contributed by atoms with Gasteiger partial charge in [0, 0.05) is 0 Å². The smallest absolute Gasteiger partial charge is 0.793 e. The predicted octanol–water partition coefficient (Wildman–Crippen LogP) is 21.9. The Balaban J connectivity index is -0.000000137. The first-order chi connectivity index (χ1) is 59.8. The SMILES string of the molecule is CC(C)(C)O[Si](O)(OC(C)(C)C)OC(C)(C)C.CC(C)(C)O[Si](O)(OC(C)(C)C)OC(C)(C)C.CC(C)(C)O[Si]([O-])(OC(C)(C)C)OC(C)(C)C.CC(C)(C)O[Si]([O-])(OC(C)(C)C)OC(C)(C)C.CC(C)(C)O[Si]([O-])(OC(C)(C)C)OC(C)(C)C.CC(C)(C)O[Si]([O-])(OC(C)(C)C)OC(C)(C)C.CC(C)(C)O[Si]([O-])(OC(C)(C)C)OC(C)(C)C.CC(C)(C)O[Si]([O-])(OC(C)(C)C)OC(C)(C)C.ClCCl.ClCCl.[Yb+3].[Yb+3]. The molecule has 46 heteroatoms. The monoisotopic (exact) mass is 2620 g/mol. The van der Waals surface area contributed by atoms with Crippen LogP contribution in [0.3, 0.4) is 0 Å². The summed E-state index contributed by atoms with van der Waals surface area (Å²) in [7, 11) is -30.7. The largest absolute Gasteiger partial charge is 3.00 e. The van der Waals surface area contributed by atoms with Gasteiger partial charge in [-0.25, -0.2) is 0 Å². The van der Waals surface area contributed by atoms with Crippen molar-refractivity contribution in [1.29, 1.82) is 0 Å². The predicted molar refractivity (Wildman–Crippen MR) is 584 cm³/mol. The van der Waals surface area contributed by atoms with Crippen molar-refractivity contribution >= 4 is 119 Å². The van der Waals surface area contributed by atoms with E-state index >= 15 is 0 Å². The molecule has 0 bridgehead atoms. The van der Waals surface area contributed by atoms with Crippen LogP contribution in [0.25, 0.3) is 0 Å². The quantitative estimate of drug-likeness (QED) is 0.0669. The van der Waals surface area contributed by atoms with Crippen LogP contribution >= 0.6 is 46.4 Å². The molecule has 2 N–H and O–H groups in total. The van der Waals surface area contributed by atoms with Crippen LogP contribution in [0.2, 0.25) is 0 Å². The second kappa shape index (κ2) is 64.1.